The summed E-state index contributed by atoms with van der Waals surface area (Å²) in [6, 6.07) is 16.4. The van der Waals surface area contributed by atoms with Gasteiger partial charge in [0.2, 0.25) is 0 Å². The summed E-state index contributed by atoms with van der Waals surface area (Å²) in [5, 5.41) is 9.47. The number of amides is 1. The number of hydrogen-bond acceptors (Lipinski definition) is 2. The Balaban J connectivity index is 1.95. The van der Waals surface area contributed by atoms with Gasteiger partial charge in [0.25, 0.3) is 0 Å². The molecule has 0 aliphatic heterocycles. The fourth-order valence-electron chi connectivity index (χ4n) is 2.55. The third kappa shape index (κ3) is 4.93. The zero-order chi connectivity index (χ0) is 17.5. The first-order chi connectivity index (χ1) is 11.5. The summed E-state index contributed by atoms with van der Waals surface area (Å²) in [4.78, 5) is 25.0. The van der Waals surface area contributed by atoms with Gasteiger partial charge in [0.1, 0.15) is 0 Å². The third-order valence-corrected chi connectivity index (χ3v) is 4.49. The van der Waals surface area contributed by atoms with Gasteiger partial charge in [-0.3, -0.25) is 4.79 Å². The Labute approximate surface area is 150 Å². The molecule has 1 atom stereocenters. The Bertz CT molecular complexity index is 686. The van der Waals surface area contributed by atoms with Crippen LogP contribution in [0.1, 0.15) is 41.7 Å². The van der Waals surface area contributed by atoms with Gasteiger partial charge in [-0.25, -0.2) is 4.79 Å². The minimum Gasteiger partial charge on any atom is -0.465 e. The molecule has 126 valence electrons. The fraction of sp³-hybridized carbons (Fsp3) is 0.263. The summed E-state index contributed by atoms with van der Waals surface area (Å²) >= 11 is 3.37. The van der Waals surface area contributed by atoms with Crippen molar-refractivity contribution < 1.29 is 14.7 Å². The average Bonchev–Trinajstić information content (AvgIpc) is 2.59. The molecule has 0 aliphatic carbocycles. The van der Waals surface area contributed by atoms with Crippen LogP contribution in [0.2, 0.25) is 0 Å². The smallest absolute Gasteiger partial charge is 0.407 e. The highest BCUT2D eigenvalue weighted by molar-refractivity contribution is 9.10. The van der Waals surface area contributed by atoms with Gasteiger partial charge in [0.15, 0.2) is 5.78 Å². The minimum atomic E-state index is -0.974. The molecule has 1 unspecified atom stereocenters. The lowest BCUT2D eigenvalue weighted by molar-refractivity contribution is 0.0961. The summed E-state index contributed by atoms with van der Waals surface area (Å²) in [6.45, 7) is 2.18. The van der Waals surface area contributed by atoms with Gasteiger partial charge in [-0.1, -0.05) is 58.4 Å². The first-order valence-corrected chi connectivity index (χ1v) is 8.61. The number of hydrogen-bond donors (Lipinski definition) is 1. The summed E-state index contributed by atoms with van der Waals surface area (Å²) in [6.07, 6.45) is -0.139. The van der Waals surface area contributed by atoms with Crippen molar-refractivity contribution in [3.05, 3.63) is 70.2 Å². The SMILES string of the molecule is CC(c1ccc(Br)cc1)N(CCCC(=O)c1ccccc1)C(=O)O. The first-order valence-electron chi connectivity index (χ1n) is 7.82. The molecule has 0 saturated heterocycles. The van der Waals surface area contributed by atoms with E-state index in [9.17, 15) is 14.7 Å². The van der Waals surface area contributed by atoms with Gasteiger partial charge in [0.05, 0.1) is 6.04 Å². The normalized spacial score (nSPS) is 11.8. The highest BCUT2D eigenvalue weighted by atomic mass is 79.9. The molecule has 0 radical (unpaired) electrons. The van der Waals surface area contributed by atoms with Crippen molar-refractivity contribution in [3.8, 4) is 0 Å². The lowest BCUT2D eigenvalue weighted by atomic mass is 10.0. The van der Waals surface area contributed by atoms with Crippen LogP contribution in [0, 0.1) is 0 Å². The van der Waals surface area contributed by atoms with Crippen molar-refractivity contribution >= 4 is 27.8 Å². The molecule has 1 N–H and O–H groups in total. The Hall–Kier alpha value is -2.14. The van der Waals surface area contributed by atoms with Crippen LogP contribution in [0.25, 0.3) is 0 Å². The van der Waals surface area contributed by atoms with Crippen molar-refractivity contribution in [1.82, 2.24) is 4.90 Å². The molecule has 5 heteroatoms. The third-order valence-electron chi connectivity index (χ3n) is 3.96. The molecule has 2 aromatic carbocycles. The molecule has 2 rings (SSSR count). The molecular formula is C19H20BrNO3. The molecular weight excluding hydrogens is 370 g/mol. The maximum absolute atomic E-state index is 12.1. The van der Waals surface area contributed by atoms with E-state index in [1.165, 1.54) is 4.90 Å². The number of nitrogens with zero attached hydrogens (tertiary/aromatic N) is 1. The molecule has 24 heavy (non-hydrogen) atoms. The number of carbonyl (C=O) groups is 2. The molecule has 0 aromatic heterocycles. The predicted molar refractivity (Wildman–Crippen MR) is 97.3 cm³/mol. The van der Waals surface area contributed by atoms with Crippen LogP contribution < -0.4 is 0 Å². The predicted octanol–water partition coefficient (Wildman–Crippen LogP) is 5.15. The number of ketones is 1. The van der Waals surface area contributed by atoms with Gasteiger partial charge in [-0.2, -0.15) is 0 Å². The maximum atomic E-state index is 12.1. The second-order valence-electron chi connectivity index (χ2n) is 5.60. The highest BCUT2D eigenvalue weighted by Crippen LogP contribution is 2.23. The van der Waals surface area contributed by atoms with Gasteiger partial charge < -0.3 is 10.0 Å². The van der Waals surface area contributed by atoms with E-state index in [0.29, 0.717) is 24.9 Å². The van der Waals surface area contributed by atoms with Crippen molar-refractivity contribution in [2.75, 3.05) is 6.54 Å². The van der Waals surface area contributed by atoms with E-state index in [0.717, 1.165) is 10.0 Å². The second-order valence-corrected chi connectivity index (χ2v) is 6.51. The Kier molecular flexibility index (Phi) is 6.55. The Morgan fingerprint density at radius 2 is 1.71 bits per heavy atom. The van der Waals surface area contributed by atoms with Crippen molar-refractivity contribution in [2.45, 2.75) is 25.8 Å². The van der Waals surface area contributed by atoms with E-state index in [1.54, 1.807) is 12.1 Å². The molecule has 0 aliphatic rings. The zero-order valence-electron chi connectivity index (χ0n) is 13.5. The first kappa shape index (κ1) is 18.2. The number of rotatable bonds is 7. The Morgan fingerprint density at radius 3 is 2.29 bits per heavy atom. The molecule has 0 spiro atoms. The van der Waals surface area contributed by atoms with Crippen LogP contribution >= 0.6 is 15.9 Å². The van der Waals surface area contributed by atoms with Crippen molar-refractivity contribution in [1.29, 1.82) is 0 Å². The van der Waals surface area contributed by atoms with E-state index < -0.39 is 6.09 Å². The summed E-state index contributed by atoms with van der Waals surface area (Å²) in [7, 11) is 0. The fourth-order valence-corrected chi connectivity index (χ4v) is 2.82. The molecule has 4 nitrogen and oxygen atoms in total. The lowest BCUT2D eigenvalue weighted by Crippen LogP contribution is -2.33. The van der Waals surface area contributed by atoms with Gasteiger partial charge in [-0.05, 0) is 31.0 Å². The quantitative estimate of drug-likeness (QED) is 0.665. The summed E-state index contributed by atoms with van der Waals surface area (Å²) in [5.41, 5.74) is 1.59. The zero-order valence-corrected chi connectivity index (χ0v) is 15.1. The largest absolute Gasteiger partial charge is 0.465 e. The van der Waals surface area contributed by atoms with E-state index in [2.05, 4.69) is 15.9 Å². The molecule has 1 amide bonds. The number of carboxylic acid groups (broad SMARTS) is 1. The number of benzene rings is 2. The average molecular weight is 390 g/mol. The Morgan fingerprint density at radius 1 is 1.08 bits per heavy atom. The lowest BCUT2D eigenvalue weighted by Gasteiger charge is -2.26. The van der Waals surface area contributed by atoms with Crippen LogP contribution in [-0.4, -0.2) is 28.4 Å². The molecule has 0 fully saturated rings. The van der Waals surface area contributed by atoms with Crippen LogP contribution in [0.5, 0.6) is 0 Å². The van der Waals surface area contributed by atoms with Crippen LogP contribution in [0.3, 0.4) is 0 Å². The van der Waals surface area contributed by atoms with Crippen LogP contribution in [0.15, 0.2) is 59.1 Å². The van der Waals surface area contributed by atoms with E-state index in [1.807, 2.05) is 49.4 Å². The molecule has 0 bridgehead atoms. The van der Waals surface area contributed by atoms with E-state index >= 15 is 0 Å². The molecule has 0 saturated carbocycles. The number of carbonyl (C=O) groups excluding carboxylic acids is 1. The summed E-state index contributed by atoms with van der Waals surface area (Å²) < 4.78 is 0.953. The molecule has 2 aromatic rings. The minimum absolute atomic E-state index is 0.0391. The topological polar surface area (TPSA) is 57.6 Å². The monoisotopic (exact) mass is 389 g/mol. The van der Waals surface area contributed by atoms with Gasteiger partial charge in [0, 0.05) is 23.0 Å². The number of halogens is 1. The van der Waals surface area contributed by atoms with Gasteiger partial charge in [-0.15, -0.1) is 0 Å². The van der Waals surface area contributed by atoms with Crippen LogP contribution in [-0.2, 0) is 0 Å². The van der Waals surface area contributed by atoms with Crippen molar-refractivity contribution in [2.24, 2.45) is 0 Å². The summed E-state index contributed by atoms with van der Waals surface area (Å²) in [5.74, 6) is 0.0391. The van der Waals surface area contributed by atoms with Crippen molar-refractivity contribution in [3.63, 3.8) is 0 Å². The second kappa shape index (κ2) is 8.64. The van der Waals surface area contributed by atoms with Crippen LogP contribution in [0.4, 0.5) is 4.79 Å². The molecule has 0 heterocycles. The number of Topliss-reactive ketones (excluding diaryl/α,β-unsaturated/α-hetero) is 1. The van der Waals surface area contributed by atoms with E-state index in [4.69, 9.17) is 0 Å². The maximum Gasteiger partial charge on any atom is 0.407 e. The standard InChI is InChI=1S/C19H20BrNO3/c1-14(15-9-11-17(20)12-10-15)21(19(23)24)13-5-8-18(22)16-6-3-2-4-7-16/h2-4,6-7,9-12,14H,5,8,13H2,1H3,(H,23,24). The highest BCUT2D eigenvalue weighted by Gasteiger charge is 2.20. The van der Waals surface area contributed by atoms with Gasteiger partial charge >= 0.3 is 6.09 Å². The van der Waals surface area contributed by atoms with E-state index in [-0.39, 0.29) is 11.8 Å².